The molecule has 3 amide bonds. The number of methoxy groups -OCH3 is 1. The number of ether oxygens (including phenoxy) is 2. The van der Waals surface area contributed by atoms with E-state index < -0.39 is 18.2 Å². The Labute approximate surface area is 341 Å². The van der Waals surface area contributed by atoms with E-state index in [0.717, 1.165) is 79.7 Å². The molecule has 2 saturated heterocycles. The molecule has 0 spiro atoms. The fraction of sp³-hybridized carbons (Fsp3) is 0.356. The number of aromatic amines is 2. The summed E-state index contributed by atoms with van der Waals surface area (Å²) in [5.74, 6) is 1.77. The number of carbonyl (C=O) groups excluding carboxylic acids is 2. The summed E-state index contributed by atoms with van der Waals surface area (Å²) < 4.78 is 11.9. The first-order chi connectivity index (χ1) is 28.6. The highest BCUT2D eigenvalue weighted by molar-refractivity contribution is 6.07. The smallest absolute Gasteiger partial charge is 0.405 e. The standard InChI is InChI=1S/C45H48N8O6/c1-24(2)39(51-45(56)57)44(55)52-15-7-10-35(52)41-47-20-34(49-41)28-11-13-30-29(17-28)23-59-37-19-31-27(18-32(30)37)12-14-33-40(31)50-42(48-33)36-16-25(22-58-3)21-53(36)43(54)38(46)26-8-5-4-6-9-26/h4-6,8-9,11-14,17-20,24-25,35-36,38-39,51H,7,10,15-16,21-23,46H2,1-3H3,(H,47,49)(H,48,50)(H,56,57)/t25-,35-,36-,38?,39?/m0/s1. The fourth-order valence-corrected chi connectivity index (χ4v) is 9.19. The van der Waals surface area contributed by atoms with E-state index in [1.54, 1.807) is 18.2 Å². The van der Waals surface area contributed by atoms with Crippen LogP contribution >= 0.6 is 0 Å². The lowest BCUT2D eigenvalue weighted by Crippen LogP contribution is -2.50. The molecule has 59 heavy (non-hydrogen) atoms. The molecule has 2 aromatic heterocycles. The van der Waals surface area contributed by atoms with Gasteiger partial charge in [0.1, 0.15) is 36.1 Å². The summed E-state index contributed by atoms with van der Waals surface area (Å²) in [6.07, 6.45) is 2.83. The molecule has 304 valence electrons. The Balaban J connectivity index is 0.976. The van der Waals surface area contributed by atoms with Crippen LogP contribution < -0.4 is 15.8 Å². The lowest BCUT2D eigenvalue weighted by molar-refractivity contribution is -0.135. The number of amides is 3. The first-order valence-electron chi connectivity index (χ1n) is 20.3. The average molecular weight is 797 g/mol. The Kier molecular flexibility index (Phi) is 10.1. The number of nitrogens with one attached hydrogen (secondary N) is 3. The highest BCUT2D eigenvalue weighted by atomic mass is 16.5. The highest BCUT2D eigenvalue weighted by Crippen LogP contribution is 2.44. The lowest BCUT2D eigenvalue weighted by atomic mass is 9.92. The third-order valence-electron chi connectivity index (χ3n) is 12.2. The van der Waals surface area contributed by atoms with E-state index in [1.165, 1.54) is 0 Å². The molecule has 0 saturated carbocycles. The average Bonchev–Trinajstić information content (AvgIpc) is 4.07. The second kappa shape index (κ2) is 15.5. The van der Waals surface area contributed by atoms with Crippen molar-refractivity contribution in [2.75, 3.05) is 26.8 Å². The molecule has 5 heterocycles. The minimum absolute atomic E-state index is 0.137. The number of carboxylic acid groups (broad SMARTS) is 1. The van der Waals surface area contributed by atoms with Gasteiger partial charge in [-0.05, 0) is 77.1 Å². The van der Waals surface area contributed by atoms with E-state index in [9.17, 15) is 19.5 Å². The van der Waals surface area contributed by atoms with Crippen LogP contribution in [-0.2, 0) is 20.9 Å². The van der Waals surface area contributed by atoms with Crippen LogP contribution in [0, 0.1) is 11.8 Å². The van der Waals surface area contributed by atoms with Crippen LogP contribution in [0.1, 0.15) is 74.0 Å². The number of benzene rings is 4. The van der Waals surface area contributed by atoms with E-state index in [1.807, 2.05) is 55.1 Å². The minimum atomic E-state index is -1.21. The van der Waals surface area contributed by atoms with Gasteiger partial charge in [-0.15, -0.1) is 0 Å². The number of nitrogens with zero attached hydrogens (tertiary/aromatic N) is 4. The van der Waals surface area contributed by atoms with Gasteiger partial charge in [0.2, 0.25) is 11.8 Å². The van der Waals surface area contributed by atoms with Crippen LogP contribution in [0.15, 0.2) is 79.0 Å². The van der Waals surface area contributed by atoms with Gasteiger partial charge >= 0.3 is 6.09 Å². The second-order valence-corrected chi connectivity index (χ2v) is 16.3. The molecule has 2 fully saturated rings. The summed E-state index contributed by atoms with van der Waals surface area (Å²) in [5.41, 5.74) is 13.9. The molecule has 2 unspecified atom stereocenters. The third-order valence-corrected chi connectivity index (χ3v) is 12.2. The van der Waals surface area contributed by atoms with Crippen molar-refractivity contribution in [2.45, 2.75) is 63.9 Å². The number of rotatable bonds is 10. The summed E-state index contributed by atoms with van der Waals surface area (Å²) in [4.78, 5) is 59.2. The minimum Gasteiger partial charge on any atom is -0.488 e. The summed E-state index contributed by atoms with van der Waals surface area (Å²) in [6.45, 7) is 5.67. The molecule has 5 atom stereocenters. The second-order valence-electron chi connectivity index (χ2n) is 16.3. The van der Waals surface area contributed by atoms with Gasteiger partial charge < -0.3 is 45.4 Å². The predicted octanol–water partition coefficient (Wildman–Crippen LogP) is 6.86. The quantitative estimate of drug-likeness (QED) is 0.0986. The molecule has 14 heteroatoms. The summed E-state index contributed by atoms with van der Waals surface area (Å²) in [5, 5.41) is 13.8. The zero-order valence-electron chi connectivity index (χ0n) is 33.3. The molecule has 0 aliphatic carbocycles. The molecule has 0 radical (unpaired) electrons. The van der Waals surface area contributed by atoms with E-state index in [0.29, 0.717) is 38.5 Å². The fourth-order valence-electron chi connectivity index (χ4n) is 9.19. The maximum atomic E-state index is 13.9. The normalized spacial score (nSPS) is 19.8. The zero-order chi connectivity index (χ0) is 40.9. The van der Waals surface area contributed by atoms with Gasteiger partial charge in [-0.3, -0.25) is 9.59 Å². The highest BCUT2D eigenvalue weighted by Gasteiger charge is 2.40. The number of imidazole rings is 2. The summed E-state index contributed by atoms with van der Waals surface area (Å²) >= 11 is 0. The summed E-state index contributed by atoms with van der Waals surface area (Å²) in [6, 6.07) is 21.9. The van der Waals surface area contributed by atoms with Crippen LogP contribution in [0.5, 0.6) is 5.75 Å². The first-order valence-corrected chi connectivity index (χ1v) is 20.3. The van der Waals surface area contributed by atoms with Gasteiger partial charge in [0, 0.05) is 37.1 Å². The molecule has 14 nitrogen and oxygen atoms in total. The Bertz CT molecular complexity index is 2570. The van der Waals surface area contributed by atoms with Gasteiger partial charge in [-0.25, -0.2) is 14.8 Å². The maximum Gasteiger partial charge on any atom is 0.405 e. The molecular weight excluding hydrogens is 749 g/mol. The van der Waals surface area contributed by atoms with Gasteiger partial charge in [-0.1, -0.05) is 62.4 Å². The van der Waals surface area contributed by atoms with Crippen molar-refractivity contribution in [1.82, 2.24) is 35.1 Å². The zero-order valence-corrected chi connectivity index (χ0v) is 33.3. The van der Waals surface area contributed by atoms with Crippen molar-refractivity contribution >= 4 is 39.7 Å². The lowest BCUT2D eigenvalue weighted by Gasteiger charge is -2.29. The van der Waals surface area contributed by atoms with Gasteiger partial charge in [0.15, 0.2) is 0 Å². The van der Waals surface area contributed by atoms with E-state index >= 15 is 0 Å². The number of carbonyl (C=O) groups is 3. The predicted molar refractivity (Wildman–Crippen MR) is 222 cm³/mol. The molecule has 9 rings (SSSR count). The van der Waals surface area contributed by atoms with Crippen LogP contribution in [0.2, 0.25) is 0 Å². The number of hydrogen-bond donors (Lipinski definition) is 5. The monoisotopic (exact) mass is 796 g/mol. The van der Waals surface area contributed by atoms with Gasteiger partial charge in [0.05, 0.1) is 41.6 Å². The Hall–Kier alpha value is -6.25. The van der Waals surface area contributed by atoms with Crippen LogP contribution in [0.4, 0.5) is 4.79 Å². The molecule has 3 aliphatic heterocycles. The van der Waals surface area contributed by atoms with Crippen LogP contribution in [-0.4, -0.2) is 85.6 Å². The van der Waals surface area contributed by atoms with Crippen molar-refractivity contribution in [2.24, 2.45) is 17.6 Å². The molecular formula is C45H48N8O6. The third kappa shape index (κ3) is 7.05. The molecule has 6 N–H and O–H groups in total. The van der Waals surface area contributed by atoms with Gasteiger partial charge in [-0.2, -0.15) is 0 Å². The number of fused-ring (bicyclic) bond motifs is 6. The van der Waals surface area contributed by atoms with Crippen molar-refractivity contribution in [3.8, 4) is 28.1 Å². The number of hydrogen-bond acceptors (Lipinski definition) is 8. The number of likely N-dealkylation sites (tertiary alicyclic amines) is 2. The van der Waals surface area contributed by atoms with E-state index in [4.69, 9.17) is 25.2 Å². The Morgan fingerprint density at radius 1 is 0.983 bits per heavy atom. The van der Waals surface area contributed by atoms with Crippen LogP contribution in [0.25, 0.3) is 44.2 Å². The van der Waals surface area contributed by atoms with Crippen molar-refractivity contribution in [3.63, 3.8) is 0 Å². The van der Waals surface area contributed by atoms with E-state index in [-0.39, 0.29) is 35.7 Å². The van der Waals surface area contributed by atoms with Crippen molar-refractivity contribution < 1.29 is 29.0 Å². The molecule has 3 aliphatic rings. The Morgan fingerprint density at radius 2 is 1.81 bits per heavy atom. The Morgan fingerprint density at radius 3 is 2.59 bits per heavy atom. The van der Waals surface area contributed by atoms with Crippen molar-refractivity contribution in [1.29, 1.82) is 0 Å². The maximum absolute atomic E-state index is 13.9. The summed E-state index contributed by atoms with van der Waals surface area (Å²) in [7, 11) is 1.68. The van der Waals surface area contributed by atoms with Crippen molar-refractivity contribution in [3.05, 3.63) is 102 Å². The molecule has 4 aromatic carbocycles. The topological polar surface area (TPSA) is 192 Å². The van der Waals surface area contributed by atoms with Gasteiger partial charge in [0.25, 0.3) is 0 Å². The van der Waals surface area contributed by atoms with Crippen LogP contribution in [0.3, 0.4) is 0 Å². The first kappa shape index (κ1) is 38.3. The largest absolute Gasteiger partial charge is 0.488 e. The van der Waals surface area contributed by atoms with E-state index in [2.05, 4.69) is 51.7 Å². The number of nitrogens with two attached hydrogens (primary N) is 1. The number of aromatic nitrogens is 4. The molecule has 6 aromatic rings. The number of H-pyrrole nitrogens is 2. The SMILES string of the molecule is COC[C@H]1C[C@@H](c2nc3ccc4cc5c(cc4c3[nH]2)OCc2cc(-c3cnc([C@@H]4CCCN4C(=O)C(NC(=O)O)C(C)C)[nH]3)ccc2-5)N(C(=O)C(N)c2ccccc2)C1. The molecule has 0 bridgehead atoms.